The van der Waals surface area contributed by atoms with Gasteiger partial charge in [0.05, 0.1) is 12.2 Å². The first-order valence-electron chi connectivity index (χ1n) is 10.9. The number of aliphatic hydroxyl groups excluding tert-OH is 1. The average molecular weight is 420 g/mol. The van der Waals surface area contributed by atoms with Crippen molar-refractivity contribution in [3.63, 3.8) is 0 Å². The van der Waals surface area contributed by atoms with Gasteiger partial charge in [0.25, 0.3) is 5.91 Å². The molecule has 4 rings (SSSR count). The molecule has 2 aromatic carbocycles. The molecular formula is C24H29N5O2. The molecule has 1 fully saturated rings. The smallest absolute Gasteiger partial charge is 0.273 e. The Labute approximate surface area is 182 Å². The Morgan fingerprint density at radius 3 is 2.65 bits per heavy atom. The number of carbonyl (C=O) groups excluding carboxylic acids is 1. The second-order valence-electron chi connectivity index (χ2n) is 8.01. The molecule has 3 aromatic rings. The van der Waals surface area contributed by atoms with Gasteiger partial charge >= 0.3 is 0 Å². The normalized spacial score (nSPS) is 16.9. The molecule has 162 valence electrons. The Morgan fingerprint density at radius 2 is 1.87 bits per heavy atom. The van der Waals surface area contributed by atoms with Crippen LogP contribution in [0.4, 0.5) is 0 Å². The summed E-state index contributed by atoms with van der Waals surface area (Å²) in [7, 11) is 0. The fourth-order valence-corrected chi connectivity index (χ4v) is 4.01. The van der Waals surface area contributed by atoms with Gasteiger partial charge in [0, 0.05) is 26.2 Å². The van der Waals surface area contributed by atoms with Crippen LogP contribution in [0.1, 0.15) is 41.4 Å². The molecule has 7 nitrogen and oxygen atoms in total. The van der Waals surface area contributed by atoms with E-state index in [2.05, 4.69) is 69.1 Å². The first-order chi connectivity index (χ1) is 15.2. The molecule has 0 radical (unpaired) electrons. The van der Waals surface area contributed by atoms with Crippen LogP contribution in [0.25, 0.3) is 11.1 Å². The second-order valence-corrected chi connectivity index (χ2v) is 8.01. The average Bonchev–Trinajstić information content (AvgIpc) is 3.31. The molecule has 2 N–H and O–H groups in total. The number of amides is 1. The number of aromatic nitrogens is 3. The number of hydrogen-bond acceptors (Lipinski definition) is 5. The SMILES string of the molecule is O=C(NCCCO)c1cn([C@@H]2CCCN(Cc3ccc(-c4ccccc4)cc3)C2)nn1. The number of carbonyl (C=O) groups is 1. The van der Waals surface area contributed by atoms with Crippen molar-refractivity contribution in [2.24, 2.45) is 0 Å². The standard InChI is InChI=1S/C24H29N5O2/c30-15-5-13-25-24(31)23-18-29(27-26-23)22-8-4-14-28(17-22)16-19-9-11-21(12-10-19)20-6-2-1-3-7-20/h1-3,6-7,9-12,18,22,30H,4-5,8,13-17H2,(H,25,31)/t22-/m1/s1. The van der Waals surface area contributed by atoms with Gasteiger partial charge in [-0.05, 0) is 42.5 Å². The highest BCUT2D eigenvalue weighted by Gasteiger charge is 2.23. The van der Waals surface area contributed by atoms with Crippen molar-refractivity contribution in [1.29, 1.82) is 0 Å². The van der Waals surface area contributed by atoms with Gasteiger partial charge in [-0.15, -0.1) is 5.10 Å². The van der Waals surface area contributed by atoms with E-state index in [1.165, 1.54) is 16.7 Å². The van der Waals surface area contributed by atoms with Crippen molar-refractivity contribution >= 4 is 5.91 Å². The molecule has 0 saturated carbocycles. The number of piperidine rings is 1. The topological polar surface area (TPSA) is 83.3 Å². The summed E-state index contributed by atoms with van der Waals surface area (Å²) in [4.78, 5) is 14.6. The monoisotopic (exact) mass is 419 g/mol. The van der Waals surface area contributed by atoms with Gasteiger partial charge in [0.1, 0.15) is 0 Å². The molecule has 7 heteroatoms. The fourth-order valence-electron chi connectivity index (χ4n) is 4.01. The van der Waals surface area contributed by atoms with Crippen LogP contribution >= 0.6 is 0 Å². The van der Waals surface area contributed by atoms with E-state index in [9.17, 15) is 4.79 Å². The molecular weight excluding hydrogens is 390 g/mol. The molecule has 1 aromatic heterocycles. The lowest BCUT2D eigenvalue weighted by Crippen LogP contribution is -2.36. The van der Waals surface area contributed by atoms with Crippen molar-refractivity contribution in [2.75, 3.05) is 26.2 Å². The summed E-state index contributed by atoms with van der Waals surface area (Å²) in [5.41, 5.74) is 4.08. The minimum absolute atomic E-state index is 0.0554. The molecule has 0 unspecified atom stereocenters. The van der Waals surface area contributed by atoms with E-state index in [1.54, 1.807) is 6.20 Å². The van der Waals surface area contributed by atoms with Crippen LogP contribution in [0.15, 0.2) is 60.8 Å². The molecule has 1 aliphatic heterocycles. The molecule has 1 saturated heterocycles. The van der Waals surface area contributed by atoms with E-state index in [-0.39, 0.29) is 18.6 Å². The zero-order valence-corrected chi connectivity index (χ0v) is 17.7. The maximum atomic E-state index is 12.1. The van der Waals surface area contributed by atoms with Gasteiger partial charge in [-0.25, -0.2) is 4.68 Å². The number of rotatable bonds is 8. The van der Waals surface area contributed by atoms with E-state index < -0.39 is 0 Å². The van der Waals surface area contributed by atoms with Crippen molar-refractivity contribution < 1.29 is 9.90 Å². The highest BCUT2D eigenvalue weighted by molar-refractivity contribution is 5.91. The predicted molar refractivity (Wildman–Crippen MR) is 119 cm³/mol. The van der Waals surface area contributed by atoms with Crippen LogP contribution in [0.5, 0.6) is 0 Å². The highest BCUT2D eigenvalue weighted by Crippen LogP contribution is 2.24. The highest BCUT2D eigenvalue weighted by atomic mass is 16.3. The van der Waals surface area contributed by atoms with Crippen molar-refractivity contribution in [3.8, 4) is 11.1 Å². The maximum absolute atomic E-state index is 12.1. The first kappa shape index (κ1) is 21.2. The first-order valence-corrected chi connectivity index (χ1v) is 10.9. The minimum atomic E-state index is -0.245. The number of aliphatic hydroxyl groups is 1. The van der Waals surface area contributed by atoms with Gasteiger partial charge in [-0.1, -0.05) is 59.8 Å². The summed E-state index contributed by atoms with van der Waals surface area (Å²) < 4.78 is 1.83. The molecule has 1 aliphatic rings. The van der Waals surface area contributed by atoms with E-state index in [1.807, 2.05) is 10.7 Å². The third kappa shape index (κ3) is 5.57. The molecule has 1 amide bonds. The Hall–Kier alpha value is -3.03. The summed E-state index contributed by atoms with van der Waals surface area (Å²) in [6, 6.07) is 19.4. The molecule has 2 heterocycles. The summed E-state index contributed by atoms with van der Waals surface area (Å²) in [5.74, 6) is -0.245. The Kier molecular flexibility index (Phi) is 7.07. The second kappa shape index (κ2) is 10.3. The third-order valence-electron chi connectivity index (χ3n) is 5.69. The Balaban J connectivity index is 1.34. The molecule has 0 spiro atoms. The Morgan fingerprint density at radius 1 is 1.10 bits per heavy atom. The fraction of sp³-hybridized carbons (Fsp3) is 0.375. The minimum Gasteiger partial charge on any atom is -0.396 e. The van der Waals surface area contributed by atoms with Crippen LogP contribution in [-0.2, 0) is 6.54 Å². The van der Waals surface area contributed by atoms with Crippen LogP contribution < -0.4 is 5.32 Å². The van der Waals surface area contributed by atoms with E-state index in [0.29, 0.717) is 18.7 Å². The maximum Gasteiger partial charge on any atom is 0.273 e. The van der Waals surface area contributed by atoms with Crippen molar-refractivity contribution in [1.82, 2.24) is 25.2 Å². The van der Waals surface area contributed by atoms with Gasteiger partial charge in [0.2, 0.25) is 0 Å². The number of benzene rings is 2. The van der Waals surface area contributed by atoms with Gasteiger partial charge in [-0.3, -0.25) is 9.69 Å². The molecule has 31 heavy (non-hydrogen) atoms. The van der Waals surface area contributed by atoms with Crippen molar-refractivity contribution in [3.05, 3.63) is 72.1 Å². The van der Waals surface area contributed by atoms with Crippen LogP contribution in [0, 0.1) is 0 Å². The summed E-state index contributed by atoms with van der Waals surface area (Å²) in [5, 5.41) is 19.8. The quantitative estimate of drug-likeness (QED) is 0.549. The van der Waals surface area contributed by atoms with Crippen molar-refractivity contribution in [2.45, 2.75) is 31.8 Å². The lowest BCUT2D eigenvalue weighted by Gasteiger charge is -2.32. The number of hydrogen-bond donors (Lipinski definition) is 2. The van der Waals surface area contributed by atoms with Gasteiger partial charge < -0.3 is 10.4 Å². The van der Waals surface area contributed by atoms with Gasteiger partial charge in [-0.2, -0.15) is 0 Å². The number of nitrogens with zero attached hydrogens (tertiary/aromatic N) is 4. The van der Waals surface area contributed by atoms with E-state index in [0.717, 1.165) is 32.5 Å². The zero-order chi connectivity index (χ0) is 21.5. The predicted octanol–water partition coefficient (Wildman–Crippen LogP) is 2.89. The van der Waals surface area contributed by atoms with Crippen LogP contribution in [0.3, 0.4) is 0 Å². The summed E-state index contributed by atoms with van der Waals surface area (Å²) in [6.45, 7) is 3.33. The van der Waals surface area contributed by atoms with Crippen LogP contribution in [-0.4, -0.2) is 57.1 Å². The van der Waals surface area contributed by atoms with E-state index >= 15 is 0 Å². The molecule has 0 aliphatic carbocycles. The van der Waals surface area contributed by atoms with Gasteiger partial charge in [0.15, 0.2) is 5.69 Å². The molecule has 1 atom stereocenters. The zero-order valence-electron chi connectivity index (χ0n) is 17.7. The lowest BCUT2D eigenvalue weighted by molar-refractivity contribution is 0.0946. The lowest BCUT2D eigenvalue weighted by atomic mass is 10.0. The summed E-state index contributed by atoms with van der Waals surface area (Å²) >= 11 is 0. The molecule has 0 bridgehead atoms. The Bertz CT molecular complexity index is 971. The van der Waals surface area contributed by atoms with Crippen LogP contribution in [0.2, 0.25) is 0 Å². The number of likely N-dealkylation sites (tertiary alicyclic amines) is 1. The number of nitrogens with one attached hydrogen (secondary N) is 1. The largest absolute Gasteiger partial charge is 0.396 e. The third-order valence-corrected chi connectivity index (χ3v) is 5.69. The summed E-state index contributed by atoms with van der Waals surface area (Å²) in [6.07, 6.45) is 4.38. The van der Waals surface area contributed by atoms with E-state index in [4.69, 9.17) is 5.11 Å².